The van der Waals surface area contributed by atoms with Gasteiger partial charge in [0.2, 0.25) is 0 Å². The average molecular weight is 197 g/mol. The average Bonchev–Trinajstić information content (AvgIpc) is 1.66. The van der Waals surface area contributed by atoms with Crippen LogP contribution in [-0.4, -0.2) is 5.78 Å². The van der Waals surface area contributed by atoms with Gasteiger partial charge in [0.1, 0.15) is 0 Å². The Morgan fingerprint density at radius 3 is 2.33 bits per heavy atom. The zero-order valence-corrected chi connectivity index (χ0v) is 8.48. The fraction of sp³-hybridized carbons (Fsp3) is 0.286. The molecule has 0 aromatic carbocycles. The standard InChI is InChI=1S/C7H8O.Y/c1-3-4-5-6-7(2)8;/h4-5H,1-2H3;/q-2;. The number of rotatable bonds is 2. The quantitative estimate of drug-likeness (QED) is 0.370. The van der Waals surface area contributed by atoms with Gasteiger partial charge >= 0.3 is 0 Å². The van der Waals surface area contributed by atoms with Crippen LogP contribution >= 0.6 is 0 Å². The van der Waals surface area contributed by atoms with Crippen LogP contribution in [0.4, 0.5) is 0 Å². The summed E-state index contributed by atoms with van der Waals surface area (Å²) in [4.78, 5) is 10.1. The van der Waals surface area contributed by atoms with Gasteiger partial charge in [-0.15, -0.1) is 6.92 Å². The van der Waals surface area contributed by atoms with Crippen molar-refractivity contribution < 1.29 is 37.5 Å². The Balaban J connectivity index is 0. The monoisotopic (exact) mass is 197 g/mol. The molecule has 2 heteroatoms. The summed E-state index contributed by atoms with van der Waals surface area (Å²) < 4.78 is 0. The van der Waals surface area contributed by atoms with E-state index in [2.05, 4.69) is 12.2 Å². The molecule has 0 amide bonds. The maximum absolute atomic E-state index is 10.1. The van der Waals surface area contributed by atoms with E-state index in [-0.39, 0.29) is 38.5 Å². The number of carbonyl (C=O) groups excluding carboxylic acids is 1. The molecule has 0 aromatic heterocycles. The van der Waals surface area contributed by atoms with Crippen LogP contribution in [0.25, 0.3) is 0 Å². The van der Waals surface area contributed by atoms with Crippen LogP contribution in [0.3, 0.4) is 0 Å². The second-order valence-corrected chi connectivity index (χ2v) is 1.32. The molecule has 0 aromatic rings. The fourth-order valence-electron chi connectivity index (χ4n) is 0.242. The summed E-state index contributed by atoms with van der Waals surface area (Å²) in [6.45, 7) is 3.22. The third kappa shape index (κ3) is 11.7. The number of ketones is 1. The first-order valence-corrected chi connectivity index (χ1v) is 2.36. The summed E-state index contributed by atoms with van der Waals surface area (Å²) in [5.74, 6) is -0.0588. The van der Waals surface area contributed by atoms with Gasteiger partial charge in [-0.1, -0.05) is 0 Å². The van der Waals surface area contributed by atoms with E-state index in [1.165, 1.54) is 6.92 Å². The van der Waals surface area contributed by atoms with Gasteiger partial charge in [0, 0.05) is 38.5 Å². The third-order valence-corrected chi connectivity index (χ3v) is 0.537. The van der Waals surface area contributed by atoms with Gasteiger partial charge in [0.05, 0.1) is 0 Å². The van der Waals surface area contributed by atoms with Crippen molar-refractivity contribution in [1.29, 1.82) is 0 Å². The zero-order valence-electron chi connectivity index (χ0n) is 5.64. The Kier molecular flexibility index (Phi) is 11.0. The van der Waals surface area contributed by atoms with E-state index in [1.54, 1.807) is 19.1 Å². The maximum Gasteiger partial charge on any atom is 0.0458 e. The van der Waals surface area contributed by atoms with Crippen molar-refractivity contribution in [3.63, 3.8) is 0 Å². The Morgan fingerprint density at radius 2 is 2.00 bits per heavy atom. The van der Waals surface area contributed by atoms with Crippen molar-refractivity contribution in [3.8, 4) is 0 Å². The van der Waals surface area contributed by atoms with E-state index in [1.807, 2.05) is 0 Å². The zero-order chi connectivity index (χ0) is 6.41. The number of carbonyl (C=O) groups is 1. The second kappa shape index (κ2) is 8.25. The van der Waals surface area contributed by atoms with Crippen molar-refractivity contribution in [2.45, 2.75) is 13.8 Å². The van der Waals surface area contributed by atoms with Crippen LogP contribution in [0.5, 0.6) is 0 Å². The summed E-state index contributed by atoms with van der Waals surface area (Å²) in [7, 11) is 0. The van der Waals surface area contributed by atoms with E-state index >= 15 is 0 Å². The minimum atomic E-state index is -0.0588. The Labute approximate surface area is 81.1 Å². The Hall–Kier alpha value is 0.254. The molecule has 0 atom stereocenters. The number of allylic oxidation sites excluding steroid dienone is 4. The topological polar surface area (TPSA) is 17.1 Å². The minimum absolute atomic E-state index is 0. The summed E-state index contributed by atoms with van der Waals surface area (Å²) in [6, 6.07) is 0. The second-order valence-electron chi connectivity index (χ2n) is 1.32. The molecule has 0 N–H and O–H groups in total. The van der Waals surface area contributed by atoms with E-state index in [9.17, 15) is 4.79 Å². The molecule has 0 saturated carbocycles. The first-order chi connectivity index (χ1) is 3.77. The predicted molar refractivity (Wildman–Crippen MR) is 32.0 cm³/mol. The van der Waals surface area contributed by atoms with Crippen molar-refractivity contribution in [2.75, 3.05) is 0 Å². The van der Waals surface area contributed by atoms with Crippen molar-refractivity contribution >= 4 is 5.78 Å². The first kappa shape index (κ1) is 12.0. The van der Waals surface area contributed by atoms with E-state index in [4.69, 9.17) is 0 Å². The molecule has 1 radical (unpaired) electrons. The molecule has 0 unspecified atom stereocenters. The first-order valence-electron chi connectivity index (χ1n) is 2.36. The van der Waals surface area contributed by atoms with Crippen LogP contribution < -0.4 is 0 Å². The van der Waals surface area contributed by atoms with Crippen LogP contribution in [0.2, 0.25) is 0 Å². The third-order valence-electron chi connectivity index (χ3n) is 0.537. The van der Waals surface area contributed by atoms with E-state index < -0.39 is 0 Å². The minimum Gasteiger partial charge on any atom is -0.390 e. The molecule has 0 aliphatic carbocycles. The van der Waals surface area contributed by atoms with Gasteiger partial charge in [0.25, 0.3) is 0 Å². The maximum atomic E-state index is 10.1. The molecule has 0 bridgehead atoms. The number of hydrogen-bond donors (Lipinski definition) is 0. The van der Waals surface area contributed by atoms with Gasteiger partial charge in [-0.3, -0.25) is 0 Å². The molecule has 47 valence electrons. The SMILES string of the molecule is C[C-]=CC=[C-]C(C)=O.[Y]. The summed E-state index contributed by atoms with van der Waals surface area (Å²) >= 11 is 0. The predicted octanol–water partition coefficient (Wildman–Crippen LogP) is 1.31. The molecule has 0 saturated heterocycles. The number of hydrogen-bond acceptors (Lipinski definition) is 1. The van der Waals surface area contributed by atoms with Crippen molar-refractivity contribution in [1.82, 2.24) is 0 Å². The molecule has 0 aliphatic rings. The molecule has 0 spiro atoms. The van der Waals surface area contributed by atoms with Crippen LogP contribution in [-0.2, 0) is 37.5 Å². The molecule has 0 heterocycles. The summed E-state index contributed by atoms with van der Waals surface area (Å²) in [6.07, 6.45) is 8.38. The van der Waals surface area contributed by atoms with Gasteiger partial charge in [-0.05, 0) is 6.92 Å². The molecular formula is C7H8OY-2. The molecule has 0 aliphatic heterocycles. The fourth-order valence-corrected chi connectivity index (χ4v) is 0.242. The molecular weight excluding hydrogens is 189 g/mol. The van der Waals surface area contributed by atoms with Gasteiger partial charge < -0.3 is 29.1 Å². The normalized spacial score (nSPS) is 10.0. The summed E-state index contributed by atoms with van der Waals surface area (Å²) in [5.41, 5.74) is 0. The molecule has 1 nitrogen and oxygen atoms in total. The van der Waals surface area contributed by atoms with Crippen LogP contribution in [0.15, 0.2) is 12.2 Å². The van der Waals surface area contributed by atoms with Crippen molar-refractivity contribution in [3.05, 3.63) is 24.3 Å². The van der Waals surface area contributed by atoms with E-state index in [0.717, 1.165) is 0 Å². The Morgan fingerprint density at radius 1 is 1.44 bits per heavy atom. The van der Waals surface area contributed by atoms with Crippen LogP contribution in [0, 0.1) is 12.2 Å². The van der Waals surface area contributed by atoms with Crippen molar-refractivity contribution in [2.24, 2.45) is 0 Å². The largest absolute Gasteiger partial charge is 0.390 e. The molecule has 0 rings (SSSR count). The van der Waals surface area contributed by atoms with Gasteiger partial charge in [-0.25, -0.2) is 0 Å². The number of Topliss-reactive ketones (excluding diaryl/α,β-unsaturated/α-hetero) is 1. The van der Waals surface area contributed by atoms with E-state index in [0.29, 0.717) is 0 Å². The van der Waals surface area contributed by atoms with Crippen LogP contribution in [0.1, 0.15) is 13.8 Å². The smallest absolute Gasteiger partial charge is 0.0458 e. The Bertz CT molecular complexity index is 125. The molecule has 9 heavy (non-hydrogen) atoms. The summed E-state index contributed by atoms with van der Waals surface area (Å²) in [5, 5.41) is 0. The van der Waals surface area contributed by atoms with Gasteiger partial charge in [0.15, 0.2) is 0 Å². The molecule has 0 fully saturated rings. The van der Waals surface area contributed by atoms with Gasteiger partial charge in [-0.2, -0.15) is 0 Å².